The largest absolute Gasteiger partial charge is 0.497 e. The maximum Gasteiger partial charge on any atom is 0.239 e. The molecular weight excluding hydrogens is 455 g/mol. The van der Waals surface area contributed by atoms with Crippen LogP contribution < -0.4 is 10.1 Å². The highest BCUT2D eigenvalue weighted by Crippen LogP contribution is 2.28. The SMILES string of the molecule is COc1ccc(CCNC(=O)Cn2cc(S(=O)(=O)Cc3ccccc3F)c3ccccc32)cc1. The molecular formula is C26H25FN2O4S. The van der Waals surface area contributed by atoms with Crippen molar-refractivity contribution in [2.75, 3.05) is 13.7 Å². The second-order valence-electron chi connectivity index (χ2n) is 7.94. The van der Waals surface area contributed by atoms with Crippen LogP contribution in [0.2, 0.25) is 0 Å². The molecule has 4 rings (SSSR count). The molecule has 0 aliphatic heterocycles. The number of hydrogen-bond donors (Lipinski definition) is 1. The summed E-state index contributed by atoms with van der Waals surface area (Å²) in [5, 5.41) is 3.38. The summed E-state index contributed by atoms with van der Waals surface area (Å²) in [4.78, 5) is 12.7. The van der Waals surface area contributed by atoms with Crippen LogP contribution in [0.3, 0.4) is 0 Å². The van der Waals surface area contributed by atoms with Crippen LogP contribution in [0.5, 0.6) is 5.75 Å². The Morgan fingerprint density at radius 3 is 2.44 bits per heavy atom. The molecule has 0 aliphatic carbocycles. The van der Waals surface area contributed by atoms with Gasteiger partial charge in [0.2, 0.25) is 5.91 Å². The van der Waals surface area contributed by atoms with E-state index in [9.17, 15) is 17.6 Å². The summed E-state index contributed by atoms with van der Waals surface area (Å²) in [5.74, 6) is -0.478. The number of nitrogens with zero attached hydrogens (tertiary/aromatic N) is 1. The first-order chi connectivity index (χ1) is 16.4. The Kier molecular flexibility index (Phi) is 6.98. The van der Waals surface area contributed by atoms with E-state index in [4.69, 9.17) is 4.74 Å². The van der Waals surface area contributed by atoms with E-state index in [1.54, 1.807) is 42.0 Å². The van der Waals surface area contributed by atoms with Gasteiger partial charge in [-0.25, -0.2) is 12.8 Å². The third-order valence-electron chi connectivity index (χ3n) is 5.60. The van der Waals surface area contributed by atoms with Crippen LogP contribution in [0.15, 0.2) is 83.9 Å². The van der Waals surface area contributed by atoms with Crippen LogP contribution in [0.1, 0.15) is 11.1 Å². The van der Waals surface area contributed by atoms with E-state index >= 15 is 0 Å². The van der Waals surface area contributed by atoms with Crippen molar-refractivity contribution in [2.24, 2.45) is 0 Å². The van der Waals surface area contributed by atoms with E-state index in [-0.39, 0.29) is 22.9 Å². The minimum absolute atomic E-state index is 0.0294. The van der Waals surface area contributed by atoms with Crippen LogP contribution in [0, 0.1) is 5.82 Å². The highest BCUT2D eigenvalue weighted by atomic mass is 32.2. The van der Waals surface area contributed by atoms with E-state index in [2.05, 4.69) is 5.32 Å². The van der Waals surface area contributed by atoms with Crippen molar-refractivity contribution in [2.45, 2.75) is 23.6 Å². The Morgan fingerprint density at radius 1 is 1.00 bits per heavy atom. The molecule has 0 fully saturated rings. The summed E-state index contributed by atoms with van der Waals surface area (Å²) < 4.78 is 47.1. The molecule has 0 unspecified atom stereocenters. The molecule has 8 heteroatoms. The van der Waals surface area contributed by atoms with Crippen LogP contribution in [0.4, 0.5) is 4.39 Å². The molecule has 1 amide bonds. The minimum Gasteiger partial charge on any atom is -0.497 e. The number of ether oxygens (including phenoxy) is 1. The van der Waals surface area contributed by atoms with Crippen molar-refractivity contribution in [3.05, 3.63) is 95.9 Å². The molecule has 0 atom stereocenters. The fraction of sp³-hybridized carbons (Fsp3) is 0.192. The Balaban J connectivity index is 1.49. The Hall–Kier alpha value is -3.65. The molecule has 6 nitrogen and oxygen atoms in total. The predicted octanol–water partition coefficient (Wildman–Crippen LogP) is 4.12. The van der Waals surface area contributed by atoms with Gasteiger partial charge in [0.15, 0.2) is 9.84 Å². The van der Waals surface area contributed by atoms with Crippen LogP contribution in [-0.4, -0.2) is 32.5 Å². The van der Waals surface area contributed by atoms with Crippen molar-refractivity contribution in [1.82, 2.24) is 9.88 Å². The summed E-state index contributed by atoms with van der Waals surface area (Å²) in [6, 6.07) is 20.4. The molecule has 0 saturated carbocycles. The summed E-state index contributed by atoms with van der Waals surface area (Å²) in [7, 11) is -2.23. The monoisotopic (exact) mass is 480 g/mol. The minimum atomic E-state index is -3.84. The first-order valence-corrected chi connectivity index (χ1v) is 12.5. The number of halogens is 1. The Morgan fingerprint density at radius 2 is 1.71 bits per heavy atom. The number of fused-ring (bicyclic) bond motifs is 1. The number of benzene rings is 3. The van der Waals surface area contributed by atoms with E-state index in [0.29, 0.717) is 23.9 Å². The fourth-order valence-electron chi connectivity index (χ4n) is 3.84. The van der Waals surface area contributed by atoms with Gasteiger partial charge in [-0.1, -0.05) is 48.5 Å². The lowest BCUT2D eigenvalue weighted by atomic mass is 10.1. The quantitative estimate of drug-likeness (QED) is 0.391. The smallest absolute Gasteiger partial charge is 0.239 e. The molecule has 0 radical (unpaired) electrons. The molecule has 1 N–H and O–H groups in total. The van der Waals surface area contributed by atoms with E-state index in [1.807, 2.05) is 24.3 Å². The molecule has 1 aromatic heterocycles. The third-order valence-corrected chi connectivity index (χ3v) is 7.29. The molecule has 4 aromatic rings. The second-order valence-corrected chi connectivity index (χ2v) is 9.89. The zero-order valence-corrected chi connectivity index (χ0v) is 19.5. The number of nitrogens with one attached hydrogen (secondary N) is 1. The van der Waals surface area contributed by atoms with Gasteiger partial charge in [-0.15, -0.1) is 0 Å². The molecule has 1 heterocycles. The van der Waals surface area contributed by atoms with E-state index in [1.165, 1.54) is 24.4 Å². The van der Waals surface area contributed by atoms with Gasteiger partial charge in [0.25, 0.3) is 0 Å². The maximum absolute atomic E-state index is 14.1. The van der Waals surface area contributed by atoms with Crippen molar-refractivity contribution >= 4 is 26.6 Å². The van der Waals surface area contributed by atoms with Crippen molar-refractivity contribution in [3.63, 3.8) is 0 Å². The lowest BCUT2D eigenvalue weighted by Gasteiger charge is -2.08. The Bertz CT molecular complexity index is 1410. The van der Waals surface area contributed by atoms with Gasteiger partial charge in [0.05, 0.1) is 17.8 Å². The number of carbonyl (C=O) groups is 1. The summed E-state index contributed by atoms with van der Waals surface area (Å²) in [5.41, 5.74) is 1.80. The van der Waals surface area contributed by atoms with Gasteiger partial charge >= 0.3 is 0 Å². The average Bonchev–Trinajstić information content (AvgIpc) is 3.20. The van der Waals surface area contributed by atoms with Crippen molar-refractivity contribution < 1.29 is 22.3 Å². The van der Waals surface area contributed by atoms with Gasteiger partial charge in [-0.05, 0) is 36.2 Å². The summed E-state index contributed by atoms with van der Waals surface area (Å²) >= 11 is 0. The highest BCUT2D eigenvalue weighted by molar-refractivity contribution is 7.90. The topological polar surface area (TPSA) is 77.4 Å². The summed E-state index contributed by atoms with van der Waals surface area (Å²) in [6.07, 6.45) is 2.12. The molecule has 0 spiro atoms. The average molecular weight is 481 g/mol. The number of carbonyl (C=O) groups excluding carboxylic acids is 1. The molecule has 0 aliphatic rings. The molecule has 0 saturated heterocycles. The number of amides is 1. The molecule has 176 valence electrons. The van der Waals surface area contributed by atoms with Gasteiger partial charge in [-0.2, -0.15) is 0 Å². The van der Waals surface area contributed by atoms with E-state index in [0.717, 1.165) is 11.3 Å². The van der Waals surface area contributed by atoms with Crippen molar-refractivity contribution in [1.29, 1.82) is 0 Å². The zero-order chi connectivity index (χ0) is 24.1. The molecule has 0 bridgehead atoms. The lowest BCUT2D eigenvalue weighted by molar-refractivity contribution is -0.121. The zero-order valence-electron chi connectivity index (χ0n) is 18.7. The maximum atomic E-state index is 14.1. The van der Waals surface area contributed by atoms with Crippen LogP contribution in [-0.2, 0) is 33.4 Å². The van der Waals surface area contributed by atoms with Gasteiger partial charge in [-0.3, -0.25) is 4.79 Å². The van der Waals surface area contributed by atoms with Crippen LogP contribution in [0.25, 0.3) is 10.9 Å². The number of rotatable bonds is 9. The van der Waals surface area contributed by atoms with Gasteiger partial charge in [0.1, 0.15) is 18.1 Å². The number of sulfone groups is 1. The third kappa shape index (κ3) is 5.28. The normalized spacial score (nSPS) is 11.5. The molecule has 34 heavy (non-hydrogen) atoms. The first kappa shape index (κ1) is 23.5. The van der Waals surface area contributed by atoms with E-state index < -0.39 is 21.4 Å². The van der Waals surface area contributed by atoms with Gasteiger partial charge in [0, 0.05) is 29.2 Å². The first-order valence-electron chi connectivity index (χ1n) is 10.8. The number of para-hydroxylation sites is 1. The van der Waals surface area contributed by atoms with Gasteiger partial charge < -0.3 is 14.6 Å². The second kappa shape index (κ2) is 10.1. The number of methoxy groups -OCH3 is 1. The Labute approximate surface area is 197 Å². The highest BCUT2D eigenvalue weighted by Gasteiger charge is 2.23. The number of hydrogen-bond acceptors (Lipinski definition) is 4. The lowest BCUT2D eigenvalue weighted by Crippen LogP contribution is -2.29. The molecule has 3 aromatic carbocycles. The van der Waals surface area contributed by atoms with Crippen molar-refractivity contribution in [3.8, 4) is 5.75 Å². The summed E-state index contributed by atoms with van der Waals surface area (Å²) in [6.45, 7) is 0.418. The predicted molar refractivity (Wildman–Crippen MR) is 129 cm³/mol. The fourth-order valence-corrected chi connectivity index (χ4v) is 5.43. The van der Waals surface area contributed by atoms with Crippen LogP contribution >= 0.6 is 0 Å². The standard InChI is InChI=1S/C26H25FN2O4S/c1-33-21-12-10-19(11-13-21)14-15-28-26(30)17-29-16-25(22-7-3-5-9-24(22)29)34(31,32)18-20-6-2-4-8-23(20)27/h2-13,16H,14-15,17-18H2,1H3,(H,28,30). The number of aromatic nitrogens is 1.